The first-order chi connectivity index (χ1) is 11.5. The van der Waals surface area contributed by atoms with Crippen LogP contribution in [0.15, 0.2) is 52.5 Å². The van der Waals surface area contributed by atoms with Gasteiger partial charge in [-0.2, -0.15) is 0 Å². The highest BCUT2D eigenvalue weighted by atomic mass is 79.9. The minimum atomic E-state index is -0.475. The van der Waals surface area contributed by atoms with E-state index < -0.39 is 11.8 Å². The number of amides is 2. The predicted octanol–water partition coefficient (Wildman–Crippen LogP) is 3.57. The van der Waals surface area contributed by atoms with Crippen LogP contribution >= 0.6 is 27.5 Å². The van der Waals surface area contributed by atoms with E-state index in [2.05, 4.69) is 21.4 Å². The molecule has 0 radical (unpaired) electrons. The number of ether oxygens (including phenoxy) is 1. The second-order valence-electron chi connectivity index (χ2n) is 5.00. The molecule has 0 spiro atoms. The summed E-state index contributed by atoms with van der Waals surface area (Å²) < 4.78 is 6.08. The third kappa shape index (κ3) is 3.16. The molecule has 24 heavy (non-hydrogen) atoms. The smallest absolute Gasteiger partial charge is 0.282 e. The van der Waals surface area contributed by atoms with Crippen LogP contribution in [0.3, 0.4) is 0 Å². The Morgan fingerprint density at radius 2 is 1.88 bits per heavy atom. The zero-order chi connectivity index (χ0) is 17.3. The number of nitrogens with one attached hydrogen (secondary N) is 1. The van der Waals surface area contributed by atoms with Crippen LogP contribution in [0.1, 0.15) is 5.56 Å². The van der Waals surface area contributed by atoms with E-state index in [-0.39, 0.29) is 5.57 Å². The van der Waals surface area contributed by atoms with Crippen LogP contribution in [-0.4, -0.2) is 18.9 Å². The summed E-state index contributed by atoms with van der Waals surface area (Å²) in [5.41, 5.74) is 3.73. The van der Waals surface area contributed by atoms with Crippen LogP contribution in [0.5, 0.6) is 5.75 Å². The van der Waals surface area contributed by atoms with Gasteiger partial charge >= 0.3 is 0 Å². The normalized spacial score (nSPS) is 15.8. The summed E-state index contributed by atoms with van der Waals surface area (Å²) in [5.74, 6) is -0.349. The summed E-state index contributed by atoms with van der Waals surface area (Å²) in [4.78, 5) is 24.8. The number of halogens is 2. The molecular formula is C17H12BrClN2O3. The van der Waals surface area contributed by atoms with Crippen molar-refractivity contribution in [2.45, 2.75) is 0 Å². The Morgan fingerprint density at radius 3 is 2.54 bits per heavy atom. The zero-order valence-electron chi connectivity index (χ0n) is 12.5. The number of carbonyl (C=O) groups is 2. The van der Waals surface area contributed by atoms with Crippen molar-refractivity contribution in [3.63, 3.8) is 0 Å². The van der Waals surface area contributed by atoms with Crippen LogP contribution in [0.2, 0.25) is 5.02 Å². The molecule has 7 heteroatoms. The number of rotatable bonds is 3. The maximum atomic E-state index is 12.6. The van der Waals surface area contributed by atoms with E-state index >= 15 is 0 Å². The van der Waals surface area contributed by atoms with Gasteiger partial charge in [0.2, 0.25) is 0 Å². The Kier molecular flexibility index (Phi) is 4.59. The van der Waals surface area contributed by atoms with E-state index in [4.69, 9.17) is 16.3 Å². The van der Waals surface area contributed by atoms with Crippen LogP contribution in [0.25, 0.3) is 6.08 Å². The third-order valence-electron chi connectivity index (χ3n) is 3.47. The van der Waals surface area contributed by atoms with Crippen LogP contribution in [-0.2, 0) is 9.59 Å². The number of hydrogen-bond acceptors (Lipinski definition) is 3. The number of anilines is 1. The van der Waals surface area contributed by atoms with Crippen molar-refractivity contribution >= 4 is 51.1 Å². The van der Waals surface area contributed by atoms with Gasteiger partial charge in [0.05, 0.1) is 12.8 Å². The molecule has 0 saturated carbocycles. The monoisotopic (exact) mass is 406 g/mol. The maximum absolute atomic E-state index is 12.6. The molecule has 0 atom stereocenters. The van der Waals surface area contributed by atoms with Crippen molar-refractivity contribution < 1.29 is 14.3 Å². The number of benzene rings is 2. The van der Waals surface area contributed by atoms with Gasteiger partial charge in [-0.1, -0.05) is 27.5 Å². The third-order valence-corrected chi connectivity index (χ3v) is 4.21. The average Bonchev–Trinajstić information content (AvgIpc) is 2.84. The lowest BCUT2D eigenvalue weighted by atomic mass is 10.1. The number of nitrogens with zero attached hydrogens (tertiary/aromatic N) is 1. The van der Waals surface area contributed by atoms with E-state index in [1.165, 1.54) is 18.2 Å². The first-order valence-electron chi connectivity index (χ1n) is 6.96. The molecule has 1 N–H and O–H groups in total. The van der Waals surface area contributed by atoms with Gasteiger partial charge in [0.15, 0.2) is 0 Å². The van der Waals surface area contributed by atoms with Gasteiger partial charge in [0.1, 0.15) is 11.3 Å². The highest BCUT2D eigenvalue weighted by Crippen LogP contribution is 2.28. The molecule has 0 aliphatic carbocycles. The molecule has 1 saturated heterocycles. The first-order valence-corrected chi connectivity index (χ1v) is 8.13. The van der Waals surface area contributed by atoms with Gasteiger partial charge in [-0.25, -0.2) is 5.01 Å². The highest BCUT2D eigenvalue weighted by Gasteiger charge is 2.34. The fourth-order valence-corrected chi connectivity index (χ4v) is 2.81. The molecule has 0 bridgehead atoms. The number of hydrogen-bond donors (Lipinski definition) is 1. The number of hydrazine groups is 1. The molecular weight excluding hydrogens is 396 g/mol. The lowest BCUT2D eigenvalue weighted by Gasteiger charge is -2.14. The quantitative estimate of drug-likeness (QED) is 0.625. The maximum Gasteiger partial charge on any atom is 0.282 e. The number of carbonyl (C=O) groups excluding carboxylic acids is 2. The summed E-state index contributed by atoms with van der Waals surface area (Å²) >= 11 is 9.21. The Morgan fingerprint density at radius 1 is 1.17 bits per heavy atom. The van der Waals surface area contributed by atoms with Crippen LogP contribution in [0, 0.1) is 0 Å². The van der Waals surface area contributed by atoms with Crippen molar-refractivity contribution in [2.24, 2.45) is 0 Å². The standard InChI is InChI=1S/C17H12BrClN2O3/c1-24-15-7-2-11(18)8-10(15)9-14-16(22)20-21(17(14)23)13-5-3-12(19)4-6-13/h2-9H,1H3,(H,20,22)/b14-9-. The summed E-state index contributed by atoms with van der Waals surface area (Å²) in [5, 5.41) is 1.74. The molecule has 1 fully saturated rings. The zero-order valence-corrected chi connectivity index (χ0v) is 14.9. The van der Waals surface area contributed by atoms with Crippen molar-refractivity contribution in [2.75, 3.05) is 12.1 Å². The van der Waals surface area contributed by atoms with Crippen molar-refractivity contribution in [1.29, 1.82) is 0 Å². The second kappa shape index (κ2) is 6.67. The Labute approximate surface area is 152 Å². The van der Waals surface area contributed by atoms with Crippen LogP contribution < -0.4 is 15.2 Å². The predicted molar refractivity (Wildman–Crippen MR) is 95.8 cm³/mol. The lowest BCUT2D eigenvalue weighted by Crippen LogP contribution is -2.35. The fourth-order valence-electron chi connectivity index (χ4n) is 2.30. The second-order valence-corrected chi connectivity index (χ2v) is 6.35. The molecule has 2 amide bonds. The SMILES string of the molecule is COc1ccc(Br)cc1/C=C1/C(=O)NN(c2ccc(Cl)cc2)C1=O. The van der Waals surface area contributed by atoms with Gasteiger partial charge in [-0.15, -0.1) is 0 Å². The van der Waals surface area contributed by atoms with Gasteiger partial charge in [-0.3, -0.25) is 15.0 Å². The number of methoxy groups -OCH3 is 1. The largest absolute Gasteiger partial charge is 0.496 e. The summed E-state index contributed by atoms with van der Waals surface area (Å²) in [6.07, 6.45) is 1.51. The van der Waals surface area contributed by atoms with E-state index in [9.17, 15) is 9.59 Å². The molecule has 3 rings (SSSR count). The van der Waals surface area contributed by atoms with E-state index in [0.717, 1.165) is 4.47 Å². The van der Waals surface area contributed by atoms with E-state index in [0.29, 0.717) is 22.0 Å². The van der Waals surface area contributed by atoms with Gasteiger partial charge in [0.25, 0.3) is 11.8 Å². The van der Waals surface area contributed by atoms with Gasteiger partial charge < -0.3 is 4.74 Å². The average molecular weight is 408 g/mol. The molecule has 1 aliphatic rings. The first kappa shape index (κ1) is 16.5. The molecule has 5 nitrogen and oxygen atoms in total. The van der Waals surface area contributed by atoms with E-state index in [1.807, 2.05) is 6.07 Å². The minimum Gasteiger partial charge on any atom is -0.496 e. The molecule has 0 aromatic heterocycles. The van der Waals surface area contributed by atoms with Crippen molar-refractivity contribution in [1.82, 2.24) is 5.43 Å². The van der Waals surface area contributed by atoms with E-state index in [1.54, 1.807) is 36.4 Å². The molecule has 1 heterocycles. The minimum absolute atomic E-state index is 0.0290. The lowest BCUT2D eigenvalue weighted by molar-refractivity contribution is -0.117. The fraction of sp³-hybridized carbons (Fsp3) is 0.0588. The van der Waals surface area contributed by atoms with Gasteiger partial charge in [-0.05, 0) is 48.5 Å². The van der Waals surface area contributed by atoms with Crippen molar-refractivity contribution in [3.8, 4) is 5.75 Å². The van der Waals surface area contributed by atoms with Gasteiger partial charge in [0, 0.05) is 15.1 Å². The van der Waals surface area contributed by atoms with Crippen molar-refractivity contribution in [3.05, 3.63) is 63.1 Å². The molecule has 122 valence electrons. The highest BCUT2D eigenvalue weighted by molar-refractivity contribution is 9.10. The Balaban J connectivity index is 1.97. The topological polar surface area (TPSA) is 58.6 Å². The van der Waals surface area contributed by atoms with Crippen LogP contribution in [0.4, 0.5) is 5.69 Å². The summed E-state index contributed by atoms with van der Waals surface area (Å²) in [7, 11) is 1.53. The Hall–Kier alpha value is -2.31. The Bertz CT molecular complexity index is 849. The molecule has 1 aliphatic heterocycles. The summed E-state index contributed by atoms with van der Waals surface area (Å²) in [6.45, 7) is 0. The molecule has 2 aromatic carbocycles. The molecule has 0 unspecified atom stereocenters. The molecule has 2 aromatic rings. The summed E-state index contributed by atoms with van der Waals surface area (Å²) in [6, 6.07) is 12.0.